The molecule has 0 N–H and O–H groups in total. The van der Waals surface area contributed by atoms with Crippen molar-refractivity contribution in [3.63, 3.8) is 0 Å². The van der Waals surface area contributed by atoms with Crippen LogP contribution in [0.5, 0.6) is 0 Å². The van der Waals surface area contributed by atoms with Gasteiger partial charge in [0.1, 0.15) is 0 Å². The molecule has 0 spiro atoms. The van der Waals surface area contributed by atoms with Gasteiger partial charge in [-0.1, -0.05) is 0 Å². The molecule has 0 saturated carbocycles. The summed E-state index contributed by atoms with van der Waals surface area (Å²) in [5, 5.41) is 0. The molecule has 1 radical (unpaired) electrons. The Morgan fingerprint density at radius 3 is 2.00 bits per heavy atom. The molecule has 0 aromatic rings. The van der Waals surface area contributed by atoms with Gasteiger partial charge in [0, 0.05) is 51.4 Å². The van der Waals surface area contributed by atoms with E-state index in [0.29, 0.717) is 13.1 Å². The number of rotatable bonds is 2. The predicted octanol–water partition coefficient (Wildman–Crippen LogP) is 1.20. The summed E-state index contributed by atoms with van der Waals surface area (Å²) in [6.07, 6.45) is 1.18. The van der Waals surface area contributed by atoms with E-state index < -0.39 is 13.4 Å². The molecule has 0 aliphatic carbocycles. The largest absolute Gasteiger partial charge is 1.00 e. The maximum atomic E-state index is 11.7. The zero-order valence-electron chi connectivity index (χ0n) is 7.69. The first-order valence-electron chi connectivity index (χ1n) is 3.51. The molecule has 1 heterocycles. The first-order chi connectivity index (χ1) is 4.58. The average Bonchev–Trinajstić information content (AvgIpc) is 2.12. The van der Waals surface area contributed by atoms with E-state index >= 15 is 0 Å². The molecular formula is C5H11BF3KN. The SMILES string of the molecule is F[B-](F)(F)CN1CCCC1.[H+].[K]. The van der Waals surface area contributed by atoms with Gasteiger partial charge >= 0.3 is 8.40 Å². The third kappa shape index (κ3) is 5.65. The molecule has 1 nitrogen and oxygen atoms in total. The molecule has 61 valence electrons. The van der Waals surface area contributed by atoms with Crippen LogP contribution in [0.15, 0.2) is 0 Å². The molecular weight excluding hydrogens is 181 g/mol. The molecule has 1 rings (SSSR count). The summed E-state index contributed by atoms with van der Waals surface area (Å²) in [5.74, 6) is 0. The molecule has 0 atom stereocenters. The number of nitrogens with zero attached hydrogens (tertiary/aromatic N) is 1. The van der Waals surface area contributed by atoms with Crippen molar-refractivity contribution in [1.29, 1.82) is 0 Å². The normalized spacial score (nSPS) is 19.9. The van der Waals surface area contributed by atoms with E-state index in [1.165, 1.54) is 4.90 Å². The quantitative estimate of drug-likeness (QED) is 0.594. The molecule has 1 aliphatic rings. The van der Waals surface area contributed by atoms with Crippen molar-refractivity contribution in [1.82, 2.24) is 4.90 Å². The summed E-state index contributed by atoms with van der Waals surface area (Å²) in [5.41, 5.74) is 0. The third-order valence-corrected chi connectivity index (χ3v) is 1.66. The summed E-state index contributed by atoms with van der Waals surface area (Å²) in [4.78, 5) is 1.47. The molecule has 11 heavy (non-hydrogen) atoms. The Balaban J connectivity index is 0. The van der Waals surface area contributed by atoms with Crippen LogP contribution < -0.4 is 0 Å². The Hall–Kier alpha value is 1.45. The second-order valence-corrected chi connectivity index (χ2v) is 2.72. The van der Waals surface area contributed by atoms with Gasteiger partial charge in [0.25, 0.3) is 0 Å². The van der Waals surface area contributed by atoms with Crippen molar-refractivity contribution in [3.05, 3.63) is 0 Å². The molecule has 0 aromatic carbocycles. The van der Waals surface area contributed by atoms with Gasteiger partial charge < -0.3 is 17.8 Å². The molecule has 1 fully saturated rings. The van der Waals surface area contributed by atoms with Crippen LogP contribution in [0.1, 0.15) is 14.3 Å². The second kappa shape index (κ2) is 5.24. The maximum absolute atomic E-state index is 11.7. The van der Waals surface area contributed by atoms with Crippen LogP contribution in [0.3, 0.4) is 0 Å². The number of likely N-dealkylation sites (tertiary alicyclic amines) is 1. The van der Waals surface area contributed by atoms with Gasteiger partial charge in [0.15, 0.2) is 0 Å². The summed E-state index contributed by atoms with van der Waals surface area (Å²) in [6.45, 7) is -3.34. The third-order valence-electron chi connectivity index (χ3n) is 1.66. The van der Waals surface area contributed by atoms with Crippen molar-refractivity contribution in [3.8, 4) is 0 Å². The second-order valence-electron chi connectivity index (χ2n) is 2.72. The van der Waals surface area contributed by atoms with Crippen molar-refractivity contribution >= 4 is 58.4 Å². The molecule has 0 aromatic heterocycles. The smallest absolute Gasteiger partial charge is 0.448 e. The van der Waals surface area contributed by atoms with Gasteiger partial charge in [-0.3, -0.25) is 0 Å². The number of halogens is 3. The standard InChI is InChI=1S/C5H10BF3N.K/c7-6(8,9)5-10-3-1-2-4-10;/h1-5H2;/q-1;/p+1. The van der Waals surface area contributed by atoms with Crippen molar-refractivity contribution in [2.45, 2.75) is 12.8 Å². The molecule has 6 heteroatoms. The minimum Gasteiger partial charge on any atom is -0.448 e. The van der Waals surface area contributed by atoms with E-state index in [0.717, 1.165) is 12.8 Å². The van der Waals surface area contributed by atoms with Crippen LogP contribution in [0.25, 0.3) is 0 Å². The monoisotopic (exact) mass is 192 g/mol. The van der Waals surface area contributed by atoms with Gasteiger partial charge in [0.05, 0.1) is 0 Å². The fourth-order valence-electron chi connectivity index (χ4n) is 1.26. The van der Waals surface area contributed by atoms with E-state index in [-0.39, 0.29) is 52.8 Å². The first kappa shape index (κ1) is 12.5. The molecule has 0 unspecified atom stereocenters. The van der Waals surface area contributed by atoms with E-state index in [1.54, 1.807) is 0 Å². The minimum atomic E-state index is -4.59. The van der Waals surface area contributed by atoms with Crippen LogP contribution in [0, 0.1) is 0 Å². The Kier molecular flexibility index (Phi) is 5.93. The fraction of sp³-hybridized carbons (Fsp3) is 1.00. The molecule has 1 saturated heterocycles. The average molecular weight is 192 g/mol. The zero-order chi connectivity index (χ0) is 7.61. The van der Waals surface area contributed by atoms with E-state index in [9.17, 15) is 12.9 Å². The summed E-state index contributed by atoms with van der Waals surface area (Å²) in [7, 11) is 0. The molecule has 0 bridgehead atoms. The minimum absolute atomic E-state index is 0. The van der Waals surface area contributed by atoms with Crippen LogP contribution in [0.2, 0.25) is 0 Å². The Morgan fingerprint density at radius 1 is 1.18 bits per heavy atom. The van der Waals surface area contributed by atoms with Crippen LogP contribution >= 0.6 is 0 Å². The summed E-state index contributed by atoms with van der Waals surface area (Å²) >= 11 is 0. The molecule has 0 amide bonds. The summed E-state index contributed by atoms with van der Waals surface area (Å²) in [6, 6.07) is 0. The van der Waals surface area contributed by atoms with E-state index in [4.69, 9.17) is 0 Å². The predicted molar refractivity (Wildman–Crippen MR) is 41.6 cm³/mol. The number of hydrogen-bond donors (Lipinski definition) is 0. The van der Waals surface area contributed by atoms with Crippen molar-refractivity contribution in [2.24, 2.45) is 0 Å². The van der Waals surface area contributed by atoms with E-state index in [1.807, 2.05) is 0 Å². The van der Waals surface area contributed by atoms with Gasteiger partial charge in [-0.2, -0.15) is 0 Å². The Morgan fingerprint density at radius 2 is 1.64 bits per heavy atom. The maximum Gasteiger partial charge on any atom is 1.00 e. The van der Waals surface area contributed by atoms with E-state index in [2.05, 4.69) is 0 Å². The Bertz CT molecular complexity index is 118. The fourth-order valence-corrected chi connectivity index (χ4v) is 1.26. The van der Waals surface area contributed by atoms with Gasteiger partial charge in [0.2, 0.25) is 0 Å². The van der Waals surface area contributed by atoms with Crippen LogP contribution in [-0.4, -0.2) is 82.8 Å². The topological polar surface area (TPSA) is 3.24 Å². The van der Waals surface area contributed by atoms with Crippen molar-refractivity contribution < 1.29 is 14.4 Å². The first-order valence-corrected chi connectivity index (χ1v) is 3.51. The Labute approximate surface area is 109 Å². The summed E-state index contributed by atoms with van der Waals surface area (Å²) < 4.78 is 35.2. The molecule has 1 aliphatic heterocycles. The van der Waals surface area contributed by atoms with Gasteiger partial charge in [-0.15, -0.1) is 0 Å². The van der Waals surface area contributed by atoms with Crippen LogP contribution in [-0.2, 0) is 0 Å². The number of hydrogen-bond acceptors (Lipinski definition) is 1. The van der Waals surface area contributed by atoms with Gasteiger partial charge in [-0.25, -0.2) is 0 Å². The zero-order valence-corrected chi connectivity index (χ0v) is 9.82. The van der Waals surface area contributed by atoms with Crippen LogP contribution in [0.4, 0.5) is 12.9 Å². The van der Waals surface area contributed by atoms with Crippen molar-refractivity contribution in [2.75, 3.05) is 19.5 Å². The van der Waals surface area contributed by atoms with Gasteiger partial charge in [-0.05, 0) is 32.4 Å².